The summed E-state index contributed by atoms with van der Waals surface area (Å²) in [5.41, 5.74) is 6.17. The number of benzene rings is 1. The van der Waals surface area contributed by atoms with Gasteiger partial charge in [-0.1, -0.05) is 0 Å². The summed E-state index contributed by atoms with van der Waals surface area (Å²) in [6.45, 7) is 0.415. The summed E-state index contributed by atoms with van der Waals surface area (Å²) < 4.78 is 21.1. The van der Waals surface area contributed by atoms with Crippen molar-refractivity contribution in [2.24, 2.45) is 11.7 Å². The van der Waals surface area contributed by atoms with Gasteiger partial charge in [-0.2, -0.15) is 10.4 Å². The number of nitriles is 1. The maximum Gasteiger partial charge on any atom is 0.254 e. The fourth-order valence-corrected chi connectivity index (χ4v) is 3.29. The highest BCUT2D eigenvalue weighted by Gasteiger charge is 2.29. The van der Waals surface area contributed by atoms with Crippen molar-refractivity contribution in [3.63, 3.8) is 0 Å². The Kier molecular flexibility index (Phi) is 5.74. The molecule has 1 fully saturated rings. The van der Waals surface area contributed by atoms with E-state index in [4.69, 9.17) is 10.5 Å². The number of nitrogens with zero attached hydrogens (tertiary/aromatic N) is 3. The number of hydrogen-bond donors (Lipinski definition) is 3. The highest BCUT2D eigenvalue weighted by molar-refractivity contribution is 9.10. The first-order chi connectivity index (χ1) is 12.9. The van der Waals surface area contributed by atoms with Crippen molar-refractivity contribution in [1.29, 1.82) is 5.26 Å². The Balaban J connectivity index is 1.96. The van der Waals surface area contributed by atoms with E-state index in [0.717, 1.165) is 0 Å². The fraction of sp³-hybridized carbons (Fsp3) is 0.353. The zero-order chi connectivity index (χ0) is 19.6. The lowest BCUT2D eigenvalue weighted by molar-refractivity contribution is 0.0342. The molecule has 2 aromatic rings. The maximum atomic E-state index is 14.0. The van der Waals surface area contributed by atoms with E-state index in [0.29, 0.717) is 30.9 Å². The number of aliphatic hydroxyl groups excluding tert-OH is 1. The van der Waals surface area contributed by atoms with E-state index in [9.17, 15) is 19.6 Å². The molecule has 0 saturated carbocycles. The number of aliphatic hydroxyl groups is 1. The van der Waals surface area contributed by atoms with E-state index in [1.807, 2.05) is 0 Å². The minimum atomic E-state index is -0.714. The first-order valence-corrected chi connectivity index (χ1v) is 8.96. The molecule has 0 bridgehead atoms. The first-order valence-electron chi connectivity index (χ1n) is 8.16. The Labute approximate surface area is 162 Å². The van der Waals surface area contributed by atoms with E-state index in [2.05, 4.69) is 32.4 Å². The number of hydrogen-bond acceptors (Lipinski definition) is 6. The Hall–Kier alpha value is -2.48. The summed E-state index contributed by atoms with van der Waals surface area (Å²) in [5.74, 6) is -1.46. The number of nitrogens with two attached hydrogens (primary N) is 1. The molecular formula is C17H17BrFN5O3. The predicted octanol–water partition coefficient (Wildman–Crippen LogP) is 2.22. The zero-order valence-electron chi connectivity index (χ0n) is 14.2. The van der Waals surface area contributed by atoms with Crippen LogP contribution < -0.4 is 11.1 Å². The van der Waals surface area contributed by atoms with Crippen molar-refractivity contribution in [3.05, 3.63) is 39.7 Å². The van der Waals surface area contributed by atoms with Gasteiger partial charge in [0.05, 0.1) is 35.7 Å². The standard InChI is InChI=1S/C17H17BrFN5O3/c18-15-10(7-25)3-11(4-13(15)19)22-17-12(16(21)26)6-24(23-17)14-8-27-2-1-9(14)5-20/h3-4,6,9,14,25H,1-2,7-8H2,(H2,21,26)(H,22,23). The molecule has 1 aromatic carbocycles. The van der Waals surface area contributed by atoms with Crippen LogP contribution in [0.25, 0.3) is 0 Å². The molecule has 0 aliphatic carbocycles. The van der Waals surface area contributed by atoms with Crippen LogP contribution in [0.5, 0.6) is 0 Å². The monoisotopic (exact) mass is 437 g/mol. The molecule has 1 aromatic heterocycles. The van der Waals surface area contributed by atoms with Crippen LogP contribution in [0, 0.1) is 23.1 Å². The third kappa shape index (κ3) is 3.95. The lowest BCUT2D eigenvalue weighted by Gasteiger charge is -2.26. The molecule has 3 rings (SSSR count). The Bertz CT molecular complexity index is 911. The number of carbonyl (C=O) groups excluding carboxylic acids is 1. The van der Waals surface area contributed by atoms with E-state index < -0.39 is 11.7 Å². The number of nitrogens with one attached hydrogen (secondary N) is 1. The molecule has 142 valence electrons. The van der Waals surface area contributed by atoms with E-state index in [1.165, 1.54) is 23.0 Å². The number of aromatic nitrogens is 2. The molecule has 1 aliphatic rings. The molecule has 2 heterocycles. The Morgan fingerprint density at radius 1 is 1.59 bits per heavy atom. The second-order valence-electron chi connectivity index (χ2n) is 6.12. The van der Waals surface area contributed by atoms with Gasteiger partial charge in [0.2, 0.25) is 0 Å². The van der Waals surface area contributed by atoms with Crippen molar-refractivity contribution < 1.29 is 19.0 Å². The third-order valence-corrected chi connectivity index (χ3v) is 5.25. The number of ether oxygens (including phenoxy) is 1. The highest BCUT2D eigenvalue weighted by atomic mass is 79.9. The number of rotatable bonds is 5. The fourth-order valence-electron chi connectivity index (χ4n) is 2.94. The third-order valence-electron chi connectivity index (χ3n) is 4.37. The number of anilines is 2. The Morgan fingerprint density at radius 3 is 3.04 bits per heavy atom. The topological polar surface area (TPSA) is 126 Å². The van der Waals surface area contributed by atoms with Crippen LogP contribution in [0.2, 0.25) is 0 Å². The van der Waals surface area contributed by atoms with E-state index in [1.54, 1.807) is 0 Å². The average molecular weight is 438 g/mol. The average Bonchev–Trinajstić information content (AvgIpc) is 3.08. The van der Waals surface area contributed by atoms with Crippen LogP contribution in [0.4, 0.5) is 15.9 Å². The number of primary amides is 1. The van der Waals surface area contributed by atoms with E-state index >= 15 is 0 Å². The SMILES string of the molecule is N#CC1CCOCC1n1cc(C(N)=O)c(Nc2cc(F)c(Br)c(CO)c2)n1. The van der Waals surface area contributed by atoms with E-state index in [-0.39, 0.29) is 34.4 Å². The molecule has 1 saturated heterocycles. The van der Waals surface area contributed by atoms with Gasteiger partial charge in [-0.3, -0.25) is 9.48 Å². The number of carbonyl (C=O) groups is 1. The van der Waals surface area contributed by atoms with Gasteiger partial charge in [0.1, 0.15) is 11.4 Å². The van der Waals surface area contributed by atoms with Crippen LogP contribution in [0.3, 0.4) is 0 Å². The lowest BCUT2D eigenvalue weighted by atomic mass is 9.97. The van der Waals surface area contributed by atoms with Crippen LogP contribution in [0.15, 0.2) is 22.8 Å². The summed E-state index contributed by atoms with van der Waals surface area (Å²) in [5, 5.41) is 25.9. The quantitative estimate of drug-likeness (QED) is 0.657. The molecule has 8 nitrogen and oxygen atoms in total. The van der Waals surface area contributed by atoms with Gasteiger partial charge in [-0.05, 0) is 40.0 Å². The first kappa shape index (κ1) is 19.3. The van der Waals surface area contributed by atoms with Gasteiger partial charge < -0.3 is 20.9 Å². The normalized spacial score (nSPS) is 19.5. The smallest absolute Gasteiger partial charge is 0.254 e. The van der Waals surface area contributed by atoms with Crippen molar-refractivity contribution in [3.8, 4) is 6.07 Å². The predicted molar refractivity (Wildman–Crippen MR) is 97.6 cm³/mol. The summed E-state index contributed by atoms with van der Waals surface area (Å²) in [4.78, 5) is 11.8. The second kappa shape index (κ2) is 8.04. The molecule has 27 heavy (non-hydrogen) atoms. The van der Waals surface area contributed by atoms with Crippen molar-refractivity contribution in [2.75, 3.05) is 18.5 Å². The molecule has 1 amide bonds. The van der Waals surface area contributed by atoms with Crippen molar-refractivity contribution in [2.45, 2.75) is 19.1 Å². The highest BCUT2D eigenvalue weighted by Crippen LogP contribution is 2.30. The summed E-state index contributed by atoms with van der Waals surface area (Å²) in [6, 6.07) is 4.60. The Morgan fingerprint density at radius 2 is 2.37 bits per heavy atom. The minimum Gasteiger partial charge on any atom is -0.392 e. The van der Waals surface area contributed by atoms with Gasteiger partial charge in [-0.25, -0.2) is 4.39 Å². The minimum absolute atomic E-state index is 0.103. The molecule has 0 radical (unpaired) electrons. The molecule has 10 heteroatoms. The van der Waals surface area contributed by atoms with Crippen LogP contribution in [0.1, 0.15) is 28.4 Å². The van der Waals surface area contributed by atoms with Gasteiger partial charge in [0.25, 0.3) is 5.91 Å². The van der Waals surface area contributed by atoms with Crippen molar-refractivity contribution >= 4 is 33.3 Å². The molecule has 4 N–H and O–H groups in total. The van der Waals surface area contributed by atoms with Crippen molar-refractivity contribution in [1.82, 2.24) is 9.78 Å². The summed E-state index contributed by atoms with van der Waals surface area (Å²) in [6.07, 6.45) is 2.02. The molecule has 0 spiro atoms. The second-order valence-corrected chi connectivity index (χ2v) is 6.91. The van der Waals surface area contributed by atoms with Gasteiger partial charge in [-0.15, -0.1) is 0 Å². The lowest BCUT2D eigenvalue weighted by Crippen LogP contribution is -2.29. The van der Waals surface area contributed by atoms with Crippen LogP contribution in [-0.4, -0.2) is 34.0 Å². The maximum absolute atomic E-state index is 14.0. The largest absolute Gasteiger partial charge is 0.392 e. The van der Waals surface area contributed by atoms with Gasteiger partial charge >= 0.3 is 0 Å². The molecule has 2 atom stereocenters. The molecular weight excluding hydrogens is 421 g/mol. The van der Waals surface area contributed by atoms with Crippen LogP contribution >= 0.6 is 15.9 Å². The van der Waals surface area contributed by atoms with Gasteiger partial charge in [0, 0.05) is 18.5 Å². The van der Waals surface area contributed by atoms with Gasteiger partial charge in [0.15, 0.2) is 5.82 Å². The number of amides is 1. The summed E-state index contributed by atoms with van der Waals surface area (Å²) >= 11 is 3.07. The number of halogens is 2. The molecule has 1 aliphatic heterocycles. The van der Waals surface area contributed by atoms with Crippen LogP contribution in [-0.2, 0) is 11.3 Å². The summed E-state index contributed by atoms with van der Waals surface area (Å²) in [7, 11) is 0. The zero-order valence-corrected chi connectivity index (χ0v) is 15.7. The molecule has 2 unspecified atom stereocenters.